The van der Waals surface area contributed by atoms with E-state index in [-0.39, 0.29) is 5.91 Å². The minimum Gasteiger partial charge on any atom is -0.326 e. The van der Waals surface area contributed by atoms with Crippen molar-refractivity contribution in [3.05, 3.63) is 29.3 Å². The van der Waals surface area contributed by atoms with E-state index in [1.807, 2.05) is 32.0 Å². The molecule has 1 aromatic rings. The summed E-state index contributed by atoms with van der Waals surface area (Å²) in [4.78, 5) is 14.3. The Morgan fingerprint density at radius 2 is 1.83 bits per heavy atom. The van der Waals surface area contributed by atoms with Gasteiger partial charge >= 0.3 is 0 Å². The molecule has 0 saturated carbocycles. The van der Waals surface area contributed by atoms with Crippen molar-refractivity contribution in [1.82, 2.24) is 4.90 Å². The lowest BCUT2D eigenvalue weighted by Gasteiger charge is -2.15. The minimum atomic E-state index is 0.124. The third-order valence-corrected chi connectivity index (χ3v) is 3.60. The number of nitrogens with zero attached hydrogens (tertiary/aromatic N) is 1. The van der Waals surface area contributed by atoms with E-state index in [2.05, 4.69) is 10.2 Å². The molecular formula is C15H22N2O. The van der Waals surface area contributed by atoms with Gasteiger partial charge in [-0.25, -0.2) is 0 Å². The van der Waals surface area contributed by atoms with Crippen LogP contribution in [0.4, 0.5) is 5.69 Å². The zero-order valence-corrected chi connectivity index (χ0v) is 11.3. The lowest BCUT2D eigenvalue weighted by molar-refractivity contribution is -0.116. The highest BCUT2D eigenvalue weighted by Crippen LogP contribution is 2.19. The molecule has 0 bridgehead atoms. The average Bonchev–Trinajstić information content (AvgIpc) is 2.84. The van der Waals surface area contributed by atoms with Crippen LogP contribution in [0.5, 0.6) is 0 Å². The largest absolute Gasteiger partial charge is 0.326 e. The molecule has 1 N–H and O–H groups in total. The summed E-state index contributed by atoms with van der Waals surface area (Å²) in [5.74, 6) is 0.124. The maximum atomic E-state index is 11.9. The lowest BCUT2D eigenvalue weighted by Crippen LogP contribution is -2.25. The first-order valence-electron chi connectivity index (χ1n) is 6.75. The van der Waals surface area contributed by atoms with Crippen LogP contribution < -0.4 is 5.32 Å². The van der Waals surface area contributed by atoms with E-state index in [1.54, 1.807) is 0 Å². The topological polar surface area (TPSA) is 32.3 Å². The fraction of sp³-hybridized carbons (Fsp3) is 0.533. The smallest absolute Gasteiger partial charge is 0.225 e. The number of carbonyl (C=O) groups excluding carboxylic acids is 1. The maximum Gasteiger partial charge on any atom is 0.225 e. The SMILES string of the molecule is Cc1cccc(C)c1NC(=O)CCN1CCCC1. The number of aryl methyl sites for hydroxylation is 2. The Kier molecular flexibility index (Phi) is 4.37. The van der Waals surface area contributed by atoms with Gasteiger partial charge in [-0.05, 0) is 50.9 Å². The summed E-state index contributed by atoms with van der Waals surface area (Å²) in [6, 6.07) is 6.08. The van der Waals surface area contributed by atoms with E-state index in [0.29, 0.717) is 6.42 Å². The normalized spacial score (nSPS) is 15.9. The summed E-state index contributed by atoms with van der Waals surface area (Å²) < 4.78 is 0. The average molecular weight is 246 g/mol. The van der Waals surface area contributed by atoms with Crippen molar-refractivity contribution in [3.63, 3.8) is 0 Å². The van der Waals surface area contributed by atoms with Crippen LogP contribution in [0.25, 0.3) is 0 Å². The van der Waals surface area contributed by atoms with Crippen LogP contribution in [0, 0.1) is 13.8 Å². The van der Waals surface area contributed by atoms with E-state index in [9.17, 15) is 4.79 Å². The highest BCUT2D eigenvalue weighted by atomic mass is 16.1. The summed E-state index contributed by atoms with van der Waals surface area (Å²) >= 11 is 0. The second-order valence-corrected chi connectivity index (χ2v) is 5.11. The number of rotatable bonds is 4. The molecular weight excluding hydrogens is 224 g/mol. The van der Waals surface area contributed by atoms with Gasteiger partial charge < -0.3 is 10.2 Å². The number of carbonyl (C=O) groups is 1. The molecule has 0 radical (unpaired) electrons. The van der Waals surface area contributed by atoms with Crippen LogP contribution in [-0.2, 0) is 4.79 Å². The van der Waals surface area contributed by atoms with Crippen molar-refractivity contribution < 1.29 is 4.79 Å². The van der Waals surface area contributed by atoms with Gasteiger partial charge in [-0.15, -0.1) is 0 Å². The zero-order valence-electron chi connectivity index (χ0n) is 11.3. The van der Waals surface area contributed by atoms with Crippen LogP contribution in [0.15, 0.2) is 18.2 Å². The van der Waals surface area contributed by atoms with Gasteiger partial charge in [0.1, 0.15) is 0 Å². The molecule has 1 amide bonds. The molecule has 1 saturated heterocycles. The lowest BCUT2D eigenvalue weighted by atomic mass is 10.1. The van der Waals surface area contributed by atoms with Gasteiger partial charge in [-0.3, -0.25) is 4.79 Å². The first-order chi connectivity index (χ1) is 8.66. The van der Waals surface area contributed by atoms with E-state index in [0.717, 1.165) is 36.4 Å². The van der Waals surface area contributed by atoms with Crippen molar-refractivity contribution in [1.29, 1.82) is 0 Å². The van der Waals surface area contributed by atoms with Crippen LogP contribution >= 0.6 is 0 Å². The van der Waals surface area contributed by atoms with E-state index in [4.69, 9.17) is 0 Å². The Bertz CT molecular complexity index is 402. The van der Waals surface area contributed by atoms with Crippen LogP contribution in [0.2, 0.25) is 0 Å². The number of para-hydroxylation sites is 1. The first kappa shape index (κ1) is 13.1. The molecule has 0 aliphatic carbocycles. The van der Waals surface area contributed by atoms with Gasteiger partial charge in [0.15, 0.2) is 0 Å². The van der Waals surface area contributed by atoms with Gasteiger partial charge in [-0.2, -0.15) is 0 Å². The third kappa shape index (κ3) is 3.33. The number of likely N-dealkylation sites (tertiary alicyclic amines) is 1. The van der Waals surface area contributed by atoms with Gasteiger partial charge in [0.2, 0.25) is 5.91 Å². The van der Waals surface area contributed by atoms with Gasteiger partial charge in [0, 0.05) is 18.7 Å². The van der Waals surface area contributed by atoms with E-state index in [1.165, 1.54) is 12.8 Å². The number of benzene rings is 1. The third-order valence-electron chi connectivity index (χ3n) is 3.60. The van der Waals surface area contributed by atoms with E-state index < -0.39 is 0 Å². The predicted molar refractivity (Wildman–Crippen MR) is 74.8 cm³/mol. The Morgan fingerprint density at radius 3 is 2.44 bits per heavy atom. The second kappa shape index (κ2) is 6.01. The molecule has 3 nitrogen and oxygen atoms in total. The summed E-state index contributed by atoms with van der Waals surface area (Å²) in [5, 5.41) is 3.04. The molecule has 0 atom stereocenters. The number of hydrogen-bond acceptors (Lipinski definition) is 2. The number of amides is 1. The molecule has 98 valence electrons. The molecule has 1 aromatic carbocycles. The van der Waals surface area contributed by atoms with Crippen LogP contribution in [0.3, 0.4) is 0 Å². The summed E-state index contributed by atoms with van der Waals surface area (Å²) in [6.07, 6.45) is 3.14. The Morgan fingerprint density at radius 1 is 1.22 bits per heavy atom. The Balaban J connectivity index is 1.86. The fourth-order valence-electron chi connectivity index (χ4n) is 2.48. The maximum absolute atomic E-state index is 11.9. The van der Waals surface area contributed by atoms with Gasteiger partial charge in [0.25, 0.3) is 0 Å². The van der Waals surface area contributed by atoms with Crippen molar-refractivity contribution in [2.45, 2.75) is 33.1 Å². The van der Waals surface area contributed by atoms with Crippen LogP contribution in [0.1, 0.15) is 30.4 Å². The van der Waals surface area contributed by atoms with Crippen LogP contribution in [-0.4, -0.2) is 30.4 Å². The molecule has 1 aliphatic rings. The Hall–Kier alpha value is -1.35. The molecule has 0 aromatic heterocycles. The first-order valence-corrected chi connectivity index (χ1v) is 6.75. The quantitative estimate of drug-likeness (QED) is 0.886. The Labute approximate surface area is 109 Å². The standard InChI is InChI=1S/C15H22N2O/c1-12-6-5-7-13(2)15(12)16-14(18)8-11-17-9-3-4-10-17/h5-7H,3-4,8-11H2,1-2H3,(H,16,18). The molecule has 0 spiro atoms. The summed E-state index contributed by atoms with van der Waals surface area (Å²) in [6.45, 7) is 7.25. The number of hydrogen-bond donors (Lipinski definition) is 1. The number of nitrogens with one attached hydrogen (secondary N) is 1. The monoisotopic (exact) mass is 246 g/mol. The highest BCUT2D eigenvalue weighted by molar-refractivity contribution is 5.92. The fourth-order valence-corrected chi connectivity index (χ4v) is 2.48. The summed E-state index contributed by atoms with van der Waals surface area (Å²) in [5.41, 5.74) is 3.23. The van der Waals surface area contributed by atoms with Crippen molar-refractivity contribution in [2.75, 3.05) is 25.0 Å². The molecule has 0 unspecified atom stereocenters. The van der Waals surface area contributed by atoms with E-state index >= 15 is 0 Å². The summed E-state index contributed by atoms with van der Waals surface area (Å²) in [7, 11) is 0. The molecule has 3 heteroatoms. The van der Waals surface area contributed by atoms with Crippen molar-refractivity contribution >= 4 is 11.6 Å². The molecule has 1 heterocycles. The van der Waals surface area contributed by atoms with Crippen molar-refractivity contribution in [2.24, 2.45) is 0 Å². The molecule has 1 aliphatic heterocycles. The highest BCUT2D eigenvalue weighted by Gasteiger charge is 2.13. The number of anilines is 1. The van der Waals surface area contributed by atoms with Gasteiger partial charge in [-0.1, -0.05) is 18.2 Å². The van der Waals surface area contributed by atoms with Gasteiger partial charge in [0.05, 0.1) is 0 Å². The molecule has 1 fully saturated rings. The molecule has 2 rings (SSSR count). The van der Waals surface area contributed by atoms with Crippen molar-refractivity contribution in [3.8, 4) is 0 Å². The molecule has 18 heavy (non-hydrogen) atoms. The predicted octanol–water partition coefficient (Wildman–Crippen LogP) is 2.73. The zero-order chi connectivity index (χ0) is 13.0. The minimum absolute atomic E-state index is 0.124. The second-order valence-electron chi connectivity index (χ2n) is 5.11.